The summed E-state index contributed by atoms with van der Waals surface area (Å²) in [7, 11) is -4.25. The van der Waals surface area contributed by atoms with Gasteiger partial charge in [0, 0.05) is 37.1 Å². The van der Waals surface area contributed by atoms with E-state index in [1.807, 2.05) is 12.1 Å². The maximum absolute atomic E-state index is 13.2. The molecule has 1 fully saturated rings. The minimum absolute atomic E-state index is 0.0571. The Morgan fingerprint density at radius 1 is 1.02 bits per heavy atom. The van der Waals surface area contributed by atoms with Crippen LogP contribution in [0.1, 0.15) is 30.4 Å². The Hall–Kier alpha value is -4.47. The van der Waals surface area contributed by atoms with Gasteiger partial charge in [-0.15, -0.1) is 13.2 Å². The molecule has 1 saturated heterocycles. The quantitative estimate of drug-likeness (QED) is 0.209. The topological polar surface area (TPSA) is 138 Å². The van der Waals surface area contributed by atoms with E-state index in [1.165, 1.54) is 18.3 Å². The molecule has 1 amide bonds. The highest BCUT2D eigenvalue weighted by atomic mass is 35.5. The Balaban J connectivity index is 1.13. The Morgan fingerprint density at radius 3 is 2.60 bits per heavy atom. The molecule has 6 rings (SSSR count). The number of piperidine rings is 1. The Labute approximate surface area is 273 Å². The lowest BCUT2D eigenvalue weighted by molar-refractivity contribution is -0.275. The number of hydrogen-bond donors (Lipinski definition) is 3. The van der Waals surface area contributed by atoms with Crippen molar-refractivity contribution in [1.82, 2.24) is 19.3 Å². The van der Waals surface area contributed by atoms with Gasteiger partial charge in [0.15, 0.2) is 5.82 Å². The fraction of sp³-hybridized carbons (Fsp3) is 0.290. The number of halogens is 4. The summed E-state index contributed by atoms with van der Waals surface area (Å²) in [6.45, 7) is 0.114. The molecule has 246 valence electrons. The summed E-state index contributed by atoms with van der Waals surface area (Å²) in [6.07, 6.45) is 2.00. The number of pyridine rings is 1. The van der Waals surface area contributed by atoms with Crippen LogP contribution in [0.4, 0.5) is 42.0 Å². The van der Waals surface area contributed by atoms with E-state index in [4.69, 9.17) is 11.6 Å². The summed E-state index contributed by atoms with van der Waals surface area (Å²) >= 11 is 6.35. The number of fused-ring (bicyclic) bond motifs is 6. The third-order valence-electron chi connectivity index (χ3n) is 7.86. The van der Waals surface area contributed by atoms with Gasteiger partial charge in [-0.25, -0.2) is 13.4 Å². The Morgan fingerprint density at radius 2 is 1.81 bits per heavy atom. The number of hydrogen-bond acceptors (Lipinski definition) is 9. The van der Waals surface area contributed by atoms with Gasteiger partial charge >= 0.3 is 6.36 Å². The fourth-order valence-corrected chi connectivity index (χ4v) is 7.30. The Kier molecular flexibility index (Phi) is 9.21. The van der Waals surface area contributed by atoms with Crippen LogP contribution in [0, 0.1) is 5.92 Å². The molecule has 2 aromatic carbocycles. The highest BCUT2D eigenvalue weighted by Crippen LogP contribution is 2.34. The van der Waals surface area contributed by atoms with Crippen molar-refractivity contribution < 1.29 is 31.1 Å². The molecular weight excluding hydrogens is 659 g/mol. The van der Waals surface area contributed by atoms with Gasteiger partial charge in [-0.1, -0.05) is 23.7 Å². The molecule has 2 aliphatic rings. The van der Waals surface area contributed by atoms with Crippen LogP contribution in [0.2, 0.25) is 5.02 Å². The van der Waals surface area contributed by atoms with Gasteiger partial charge in [0.1, 0.15) is 15.7 Å². The number of carbonyl (C=O) groups excluding carboxylic acids is 1. The van der Waals surface area contributed by atoms with Gasteiger partial charge in [-0.2, -0.15) is 9.29 Å². The summed E-state index contributed by atoms with van der Waals surface area (Å²) < 4.78 is 70.2. The highest BCUT2D eigenvalue weighted by molar-refractivity contribution is 7.89. The lowest BCUT2D eigenvalue weighted by Crippen LogP contribution is -2.39. The van der Waals surface area contributed by atoms with Crippen molar-refractivity contribution in [3.05, 3.63) is 83.3 Å². The molecule has 47 heavy (non-hydrogen) atoms. The molecule has 4 aromatic rings. The molecule has 2 aliphatic heterocycles. The van der Waals surface area contributed by atoms with E-state index in [2.05, 4.69) is 35.6 Å². The lowest BCUT2D eigenvalue weighted by Gasteiger charge is -2.31. The predicted octanol–water partition coefficient (Wildman–Crippen LogP) is 6.44. The molecular formula is C31H29ClF3N7O4S. The normalized spacial score (nSPS) is 15.7. The minimum atomic E-state index is -5.04. The first-order valence-corrected chi connectivity index (χ1v) is 16.5. The Bertz CT molecular complexity index is 1900. The second-order valence-corrected chi connectivity index (χ2v) is 13.5. The van der Waals surface area contributed by atoms with Crippen LogP contribution in [-0.2, 0) is 27.7 Å². The van der Waals surface area contributed by atoms with Crippen molar-refractivity contribution in [1.29, 1.82) is 0 Å². The number of nitrogens with one attached hydrogen (secondary N) is 3. The summed E-state index contributed by atoms with van der Waals surface area (Å²) in [4.78, 5) is 25.7. The molecule has 6 bridgehead atoms. The number of carbonyl (C=O) groups is 1. The van der Waals surface area contributed by atoms with Crippen LogP contribution in [0.3, 0.4) is 0 Å². The SMILES string of the molecule is O=C(CC1CCN(S(=O)(=O)c2ccccc2OC(F)(F)F)CC1)Nc1ccc2cc1CCc1cncc(c1)Nc1ncc(Cl)c(n1)N2. The largest absolute Gasteiger partial charge is 0.573 e. The number of amides is 1. The van der Waals surface area contributed by atoms with Gasteiger partial charge in [-0.05, 0) is 79.1 Å². The van der Waals surface area contributed by atoms with E-state index in [9.17, 15) is 26.4 Å². The van der Waals surface area contributed by atoms with E-state index in [-0.39, 0.29) is 31.3 Å². The number of alkyl halides is 3. The van der Waals surface area contributed by atoms with Crippen LogP contribution in [0.15, 0.2) is 72.0 Å². The molecule has 0 atom stereocenters. The number of nitrogens with zero attached hydrogens (tertiary/aromatic N) is 4. The second-order valence-electron chi connectivity index (χ2n) is 11.2. The molecule has 16 heteroatoms. The van der Waals surface area contributed by atoms with E-state index < -0.39 is 27.0 Å². The van der Waals surface area contributed by atoms with E-state index >= 15 is 0 Å². The number of benzene rings is 2. The van der Waals surface area contributed by atoms with Gasteiger partial charge in [0.25, 0.3) is 0 Å². The molecule has 2 aromatic heterocycles. The van der Waals surface area contributed by atoms with Gasteiger partial charge in [0.2, 0.25) is 21.9 Å². The van der Waals surface area contributed by atoms with Crippen LogP contribution < -0.4 is 20.7 Å². The maximum atomic E-state index is 13.2. The third-order valence-corrected chi connectivity index (χ3v) is 10.1. The third kappa shape index (κ3) is 7.92. The molecule has 3 N–H and O–H groups in total. The summed E-state index contributed by atoms with van der Waals surface area (Å²) in [5, 5.41) is 9.70. The lowest BCUT2D eigenvalue weighted by atomic mass is 9.94. The van der Waals surface area contributed by atoms with Crippen molar-refractivity contribution in [2.24, 2.45) is 5.92 Å². The average molecular weight is 688 g/mol. The molecule has 0 spiro atoms. The first kappa shape index (κ1) is 32.5. The first-order valence-electron chi connectivity index (χ1n) is 14.7. The number of sulfonamides is 1. The van der Waals surface area contributed by atoms with Crippen LogP contribution >= 0.6 is 11.6 Å². The van der Waals surface area contributed by atoms with Gasteiger partial charge < -0.3 is 20.7 Å². The minimum Gasteiger partial charge on any atom is -0.404 e. The van der Waals surface area contributed by atoms with Crippen molar-refractivity contribution in [3.8, 4) is 5.75 Å². The van der Waals surface area contributed by atoms with Crippen LogP contribution in [0.5, 0.6) is 5.75 Å². The predicted molar refractivity (Wildman–Crippen MR) is 170 cm³/mol. The zero-order valence-electron chi connectivity index (χ0n) is 24.7. The average Bonchev–Trinajstić information content (AvgIpc) is 3.02. The zero-order chi connectivity index (χ0) is 33.2. The number of aromatic nitrogens is 3. The zero-order valence-corrected chi connectivity index (χ0v) is 26.3. The van der Waals surface area contributed by atoms with Gasteiger partial charge in [0.05, 0.1) is 18.1 Å². The van der Waals surface area contributed by atoms with Crippen molar-refractivity contribution >= 4 is 56.4 Å². The number of rotatable bonds is 6. The second kappa shape index (κ2) is 13.3. The van der Waals surface area contributed by atoms with Crippen LogP contribution in [0.25, 0.3) is 0 Å². The molecule has 0 saturated carbocycles. The molecule has 0 unspecified atom stereocenters. The number of para-hydroxylation sites is 1. The molecule has 11 nitrogen and oxygen atoms in total. The monoisotopic (exact) mass is 687 g/mol. The van der Waals surface area contributed by atoms with Crippen LogP contribution in [-0.4, -0.2) is 53.0 Å². The first-order chi connectivity index (χ1) is 22.4. The maximum Gasteiger partial charge on any atom is 0.573 e. The summed E-state index contributed by atoms with van der Waals surface area (Å²) in [5.74, 6) is -0.379. The summed E-state index contributed by atoms with van der Waals surface area (Å²) in [6, 6.07) is 12.1. The van der Waals surface area contributed by atoms with Crippen molar-refractivity contribution in [3.63, 3.8) is 0 Å². The number of ether oxygens (including phenoxy) is 1. The molecule has 4 heterocycles. The van der Waals surface area contributed by atoms with Crippen molar-refractivity contribution in [2.45, 2.75) is 43.4 Å². The number of aryl methyl sites for hydroxylation is 2. The molecule has 0 radical (unpaired) electrons. The molecule has 0 aliphatic carbocycles. The van der Waals surface area contributed by atoms with Gasteiger partial charge in [-0.3, -0.25) is 9.78 Å². The smallest absolute Gasteiger partial charge is 0.404 e. The fourth-order valence-electron chi connectivity index (χ4n) is 5.58. The van der Waals surface area contributed by atoms with E-state index in [1.54, 1.807) is 24.5 Å². The van der Waals surface area contributed by atoms with Crippen molar-refractivity contribution in [2.75, 3.05) is 29.0 Å². The highest BCUT2D eigenvalue weighted by Gasteiger charge is 2.37. The van der Waals surface area contributed by atoms with E-state index in [0.29, 0.717) is 59.5 Å². The summed E-state index contributed by atoms with van der Waals surface area (Å²) in [5.41, 5.74) is 3.89. The van der Waals surface area contributed by atoms with E-state index in [0.717, 1.165) is 27.6 Å². The standard InChI is InChI=1S/C31H29ClF3N7O4S/c32-24-18-37-30-39-23-13-20(16-36-17-23)5-6-21-15-22(38-29(24)41-30)7-8-25(21)40-28(43)14-19-9-11-42(12-10-19)47(44,45)27-4-2-1-3-26(27)46-31(33,34)35/h1-4,7-8,13,15-19H,5-6,9-12,14H2,(H,40,43)(H2,37,38,39,41). The number of anilines is 5.